The van der Waals surface area contributed by atoms with Gasteiger partial charge in [0.15, 0.2) is 12.3 Å². The minimum absolute atomic E-state index is 0.0999. The molecule has 0 aliphatic carbocycles. The molecule has 0 bridgehead atoms. The fraction of sp³-hybridized carbons (Fsp3) is 0.0833. The molecular weight excluding hydrogens is 451 g/mol. The van der Waals surface area contributed by atoms with Crippen molar-refractivity contribution in [2.24, 2.45) is 0 Å². The molecule has 0 fully saturated rings. The minimum Gasteiger partial charge on any atom is -0.451 e. The van der Waals surface area contributed by atoms with E-state index in [2.05, 4.69) is 10.4 Å². The molecule has 4 rings (SSSR count). The van der Waals surface area contributed by atoms with Crippen LogP contribution in [0.4, 0.5) is 18.9 Å². The molecule has 1 amide bonds. The number of para-hydroxylation sites is 1. The largest absolute Gasteiger partial charge is 0.451 e. The van der Waals surface area contributed by atoms with Gasteiger partial charge in [0.25, 0.3) is 11.5 Å². The van der Waals surface area contributed by atoms with Crippen LogP contribution < -0.4 is 10.9 Å². The molecule has 3 aromatic carbocycles. The Morgan fingerprint density at radius 1 is 0.912 bits per heavy atom. The number of rotatable bonds is 5. The van der Waals surface area contributed by atoms with E-state index in [0.29, 0.717) is 5.69 Å². The summed E-state index contributed by atoms with van der Waals surface area (Å²) in [4.78, 5) is 37.8. The molecule has 0 atom stereocenters. The van der Waals surface area contributed by atoms with Crippen molar-refractivity contribution in [3.05, 3.63) is 100 Å². The Hall–Kier alpha value is -4.47. The Balaban J connectivity index is 1.56. The zero-order valence-corrected chi connectivity index (χ0v) is 17.4. The van der Waals surface area contributed by atoms with Gasteiger partial charge < -0.3 is 10.1 Å². The second-order valence-electron chi connectivity index (χ2n) is 7.15. The van der Waals surface area contributed by atoms with Gasteiger partial charge in [0.2, 0.25) is 0 Å². The van der Waals surface area contributed by atoms with Crippen LogP contribution >= 0.6 is 0 Å². The fourth-order valence-electron chi connectivity index (χ4n) is 3.25. The summed E-state index contributed by atoms with van der Waals surface area (Å²) in [6, 6.07) is 18.8. The van der Waals surface area contributed by atoms with Gasteiger partial charge in [-0.15, -0.1) is 0 Å². The third-order valence-electron chi connectivity index (χ3n) is 4.81. The summed E-state index contributed by atoms with van der Waals surface area (Å²) in [5.74, 6) is -1.81. The van der Waals surface area contributed by atoms with E-state index < -0.39 is 35.8 Å². The maximum Gasteiger partial charge on any atom is 0.416 e. The Morgan fingerprint density at radius 3 is 2.29 bits per heavy atom. The van der Waals surface area contributed by atoms with Crippen LogP contribution in [0.5, 0.6) is 0 Å². The van der Waals surface area contributed by atoms with Gasteiger partial charge >= 0.3 is 12.1 Å². The maximum absolute atomic E-state index is 12.9. The third-order valence-corrected chi connectivity index (χ3v) is 4.81. The van der Waals surface area contributed by atoms with Gasteiger partial charge in [-0.1, -0.05) is 42.5 Å². The zero-order valence-electron chi connectivity index (χ0n) is 17.4. The second-order valence-corrected chi connectivity index (χ2v) is 7.15. The smallest absolute Gasteiger partial charge is 0.416 e. The van der Waals surface area contributed by atoms with E-state index in [1.54, 1.807) is 42.5 Å². The van der Waals surface area contributed by atoms with Crippen molar-refractivity contribution in [1.29, 1.82) is 0 Å². The molecule has 4 aromatic rings. The molecule has 0 saturated heterocycles. The molecule has 1 aromatic heterocycles. The standard InChI is InChI=1S/C24H16F3N3O4/c25-24(26,27)15-7-6-8-16(13-15)28-20(31)14-34-23(33)21-18-11-4-5-12-19(18)22(32)30(29-21)17-9-2-1-3-10-17/h1-13H,14H2,(H,28,31). The minimum atomic E-state index is -4.57. The molecule has 0 aliphatic rings. The molecule has 0 aliphatic heterocycles. The lowest BCUT2D eigenvalue weighted by Crippen LogP contribution is -2.26. The first-order valence-corrected chi connectivity index (χ1v) is 9.96. The van der Waals surface area contributed by atoms with Crippen LogP contribution in [0.1, 0.15) is 16.1 Å². The number of nitrogens with zero attached hydrogens (tertiary/aromatic N) is 2. The predicted molar refractivity (Wildman–Crippen MR) is 118 cm³/mol. The number of anilines is 1. The first-order chi connectivity index (χ1) is 16.2. The number of nitrogens with one attached hydrogen (secondary N) is 1. The number of amides is 1. The second kappa shape index (κ2) is 9.18. The number of ether oxygens (including phenoxy) is 1. The van der Waals surface area contributed by atoms with Gasteiger partial charge in [-0.05, 0) is 36.4 Å². The number of hydrogen-bond donors (Lipinski definition) is 1. The topological polar surface area (TPSA) is 90.3 Å². The number of carbonyl (C=O) groups is 2. The Kier molecular flexibility index (Phi) is 6.13. The molecule has 172 valence electrons. The Bertz CT molecular complexity index is 1430. The molecule has 0 unspecified atom stereocenters. The van der Waals surface area contributed by atoms with E-state index in [9.17, 15) is 27.6 Å². The lowest BCUT2D eigenvalue weighted by atomic mass is 10.1. The summed E-state index contributed by atoms with van der Waals surface area (Å²) in [5, 5.41) is 6.86. The van der Waals surface area contributed by atoms with Crippen molar-refractivity contribution >= 4 is 28.3 Å². The van der Waals surface area contributed by atoms with Crippen LogP contribution in [0.25, 0.3) is 16.5 Å². The normalized spacial score (nSPS) is 11.3. The summed E-state index contributed by atoms with van der Waals surface area (Å²) in [6.07, 6.45) is -4.57. The number of aromatic nitrogens is 2. The molecule has 1 heterocycles. The predicted octanol–water partition coefficient (Wildman–Crippen LogP) is 4.20. The van der Waals surface area contributed by atoms with Crippen molar-refractivity contribution in [1.82, 2.24) is 9.78 Å². The molecular formula is C24H16F3N3O4. The van der Waals surface area contributed by atoms with Crippen molar-refractivity contribution in [3.8, 4) is 5.69 Å². The summed E-state index contributed by atoms with van der Waals surface area (Å²) in [7, 11) is 0. The SMILES string of the molecule is O=C(COC(=O)c1nn(-c2ccccc2)c(=O)c2ccccc12)Nc1cccc(C(F)(F)F)c1. The highest BCUT2D eigenvalue weighted by Gasteiger charge is 2.30. The first kappa shape index (κ1) is 22.7. The van der Waals surface area contributed by atoms with Crippen LogP contribution in [0, 0.1) is 0 Å². The summed E-state index contributed by atoms with van der Waals surface area (Å²) < 4.78 is 44.6. The van der Waals surface area contributed by atoms with Gasteiger partial charge in [0.1, 0.15) is 0 Å². The number of fused-ring (bicyclic) bond motifs is 1. The van der Waals surface area contributed by atoms with Crippen LogP contribution in [0.2, 0.25) is 0 Å². The van der Waals surface area contributed by atoms with E-state index in [1.807, 2.05) is 0 Å². The van der Waals surface area contributed by atoms with Gasteiger partial charge in [-0.2, -0.15) is 23.0 Å². The number of halogens is 3. The van der Waals surface area contributed by atoms with Crippen molar-refractivity contribution in [2.75, 3.05) is 11.9 Å². The third kappa shape index (κ3) is 4.80. The lowest BCUT2D eigenvalue weighted by Gasteiger charge is -2.12. The van der Waals surface area contributed by atoms with E-state index in [-0.39, 0.29) is 22.2 Å². The molecule has 0 radical (unpaired) electrons. The number of esters is 1. The molecule has 10 heteroatoms. The first-order valence-electron chi connectivity index (χ1n) is 9.96. The highest BCUT2D eigenvalue weighted by Crippen LogP contribution is 2.30. The van der Waals surface area contributed by atoms with Crippen molar-refractivity contribution < 1.29 is 27.5 Å². The van der Waals surface area contributed by atoms with Crippen LogP contribution in [0.3, 0.4) is 0 Å². The fourth-order valence-corrected chi connectivity index (χ4v) is 3.25. The highest BCUT2D eigenvalue weighted by molar-refractivity contribution is 6.03. The summed E-state index contributed by atoms with van der Waals surface area (Å²) in [6.45, 7) is -0.768. The number of hydrogen-bond acceptors (Lipinski definition) is 5. The monoisotopic (exact) mass is 467 g/mol. The lowest BCUT2D eigenvalue weighted by molar-refractivity contribution is -0.137. The van der Waals surface area contributed by atoms with Crippen LogP contribution in [-0.4, -0.2) is 28.3 Å². The molecule has 0 saturated carbocycles. The summed E-state index contributed by atoms with van der Waals surface area (Å²) >= 11 is 0. The van der Waals surface area contributed by atoms with Crippen LogP contribution in [0.15, 0.2) is 83.7 Å². The van der Waals surface area contributed by atoms with Crippen molar-refractivity contribution in [2.45, 2.75) is 6.18 Å². The van der Waals surface area contributed by atoms with Crippen LogP contribution in [-0.2, 0) is 15.7 Å². The van der Waals surface area contributed by atoms with E-state index in [4.69, 9.17) is 4.74 Å². The average Bonchev–Trinajstić information content (AvgIpc) is 2.83. The summed E-state index contributed by atoms with van der Waals surface area (Å²) in [5.41, 5.74) is -1.24. The van der Waals surface area contributed by atoms with Gasteiger partial charge in [-0.3, -0.25) is 9.59 Å². The Labute approximate surface area is 190 Å². The quantitative estimate of drug-likeness (QED) is 0.445. The van der Waals surface area contributed by atoms with Gasteiger partial charge in [0.05, 0.1) is 16.6 Å². The van der Waals surface area contributed by atoms with Gasteiger partial charge in [0, 0.05) is 11.1 Å². The van der Waals surface area contributed by atoms with Gasteiger partial charge in [-0.25, -0.2) is 4.79 Å². The number of carbonyl (C=O) groups excluding carboxylic acids is 2. The molecule has 0 spiro atoms. The van der Waals surface area contributed by atoms with E-state index in [1.165, 1.54) is 18.2 Å². The Morgan fingerprint density at radius 2 is 1.59 bits per heavy atom. The number of alkyl halides is 3. The molecule has 7 nitrogen and oxygen atoms in total. The zero-order chi connectivity index (χ0) is 24.3. The van der Waals surface area contributed by atoms with E-state index in [0.717, 1.165) is 22.9 Å². The maximum atomic E-state index is 12.9. The van der Waals surface area contributed by atoms with E-state index >= 15 is 0 Å². The average molecular weight is 467 g/mol. The molecule has 1 N–H and O–H groups in total. The molecule has 34 heavy (non-hydrogen) atoms. The number of benzene rings is 3. The highest BCUT2D eigenvalue weighted by atomic mass is 19.4. The van der Waals surface area contributed by atoms with Crippen molar-refractivity contribution in [3.63, 3.8) is 0 Å².